The van der Waals surface area contributed by atoms with Gasteiger partial charge in [-0.15, -0.1) is 0 Å². The first kappa shape index (κ1) is 10.6. The molecule has 0 unspecified atom stereocenters. The molecule has 0 saturated carbocycles. The van der Waals surface area contributed by atoms with Crippen LogP contribution in [0.5, 0.6) is 0 Å². The third-order valence-corrected chi connectivity index (χ3v) is 5.46. The smallest absolute Gasteiger partial charge is 0.223 e. The van der Waals surface area contributed by atoms with Crippen LogP contribution >= 0.6 is 0 Å². The molecule has 0 fully saturated rings. The molecular formula is C10H14N2O2S. The van der Waals surface area contributed by atoms with Crippen LogP contribution in [-0.4, -0.2) is 24.8 Å². The third-order valence-electron chi connectivity index (χ3n) is 3.00. The lowest BCUT2D eigenvalue weighted by molar-refractivity contribution is 0.417. The van der Waals surface area contributed by atoms with Gasteiger partial charge in [0.15, 0.2) is 0 Å². The van der Waals surface area contributed by atoms with E-state index in [1.165, 1.54) is 4.31 Å². The molecule has 5 heteroatoms. The minimum Gasteiger partial charge on any atom is -0.264 e. The molecule has 82 valence electrons. The van der Waals surface area contributed by atoms with Crippen molar-refractivity contribution in [2.75, 3.05) is 7.05 Å². The van der Waals surface area contributed by atoms with Crippen LogP contribution in [0.3, 0.4) is 0 Å². The second kappa shape index (κ2) is 3.02. The van der Waals surface area contributed by atoms with Crippen molar-refractivity contribution in [1.29, 1.82) is 0 Å². The molecule has 1 aliphatic heterocycles. The molecule has 0 aliphatic carbocycles. The van der Waals surface area contributed by atoms with Crippen molar-refractivity contribution >= 4 is 10.0 Å². The largest absolute Gasteiger partial charge is 0.264 e. The van der Waals surface area contributed by atoms with Crippen molar-refractivity contribution in [2.24, 2.45) is 0 Å². The lowest BCUT2D eigenvalue weighted by Crippen LogP contribution is -2.45. The number of hydrogen-bond donors (Lipinski definition) is 0. The van der Waals surface area contributed by atoms with Gasteiger partial charge in [0.2, 0.25) is 10.0 Å². The summed E-state index contributed by atoms with van der Waals surface area (Å²) < 4.78 is 24.7. The minimum absolute atomic E-state index is 0.412. The zero-order valence-electron chi connectivity index (χ0n) is 9.06. The number of rotatable bonds is 0. The maximum atomic E-state index is 12.1. The summed E-state index contributed by atoms with van der Waals surface area (Å²) in [4.78, 5) is 4.02. The standard InChI is InChI=1S/C10H14N2O2S/c1-10(2)9-4-5-11-6-8(9)7-12(3)15(10,13)14/h4-6H,7H2,1-3H3. The van der Waals surface area contributed by atoms with Gasteiger partial charge in [0.25, 0.3) is 0 Å². The molecule has 0 amide bonds. The second-order valence-corrected chi connectivity index (χ2v) is 6.90. The molecule has 0 saturated heterocycles. The Morgan fingerprint density at radius 1 is 1.47 bits per heavy atom. The van der Waals surface area contributed by atoms with E-state index in [0.29, 0.717) is 6.54 Å². The number of fused-ring (bicyclic) bond motifs is 1. The van der Waals surface area contributed by atoms with Gasteiger partial charge in [-0.1, -0.05) is 0 Å². The lowest BCUT2D eigenvalue weighted by Gasteiger charge is -2.37. The van der Waals surface area contributed by atoms with Crippen molar-refractivity contribution in [3.63, 3.8) is 0 Å². The van der Waals surface area contributed by atoms with Crippen LogP contribution in [0.15, 0.2) is 18.5 Å². The van der Waals surface area contributed by atoms with Crippen molar-refractivity contribution in [1.82, 2.24) is 9.29 Å². The summed E-state index contributed by atoms with van der Waals surface area (Å²) in [6, 6.07) is 1.79. The predicted octanol–water partition coefficient (Wildman–Crippen LogP) is 1.09. The van der Waals surface area contributed by atoms with E-state index < -0.39 is 14.8 Å². The third kappa shape index (κ3) is 1.30. The number of nitrogens with zero attached hydrogens (tertiary/aromatic N) is 2. The fourth-order valence-electron chi connectivity index (χ4n) is 1.99. The molecular weight excluding hydrogens is 212 g/mol. The molecule has 1 aliphatic rings. The molecule has 2 heterocycles. The summed E-state index contributed by atoms with van der Waals surface area (Å²) in [7, 11) is -1.64. The van der Waals surface area contributed by atoms with Crippen LogP contribution in [0.25, 0.3) is 0 Å². The summed E-state index contributed by atoms with van der Waals surface area (Å²) >= 11 is 0. The van der Waals surface area contributed by atoms with Crippen molar-refractivity contribution < 1.29 is 8.42 Å². The Kier molecular flexibility index (Phi) is 2.13. The Morgan fingerprint density at radius 2 is 2.13 bits per heavy atom. The normalized spacial score (nSPS) is 23.4. The lowest BCUT2D eigenvalue weighted by atomic mass is 9.98. The number of aromatic nitrogens is 1. The molecule has 0 atom stereocenters. The first-order chi connectivity index (χ1) is 6.87. The quantitative estimate of drug-likeness (QED) is 0.665. The number of pyridine rings is 1. The Bertz CT molecular complexity index is 494. The van der Waals surface area contributed by atoms with Crippen LogP contribution in [0.4, 0.5) is 0 Å². The highest BCUT2D eigenvalue weighted by Crippen LogP contribution is 2.38. The van der Waals surface area contributed by atoms with E-state index in [2.05, 4.69) is 4.98 Å². The maximum Gasteiger partial charge on any atom is 0.223 e. The SMILES string of the molecule is CN1Cc2cnccc2C(C)(C)S1(=O)=O. The summed E-state index contributed by atoms with van der Waals surface area (Å²) in [5, 5.41) is 0. The van der Waals surface area contributed by atoms with E-state index >= 15 is 0 Å². The van der Waals surface area contributed by atoms with E-state index in [0.717, 1.165) is 11.1 Å². The van der Waals surface area contributed by atoms with Crippen molar-refractivity contribution in [3.8, 4) is 0 Å². The van der Waals surface area contributed by atoms with Gasteiger partial charge in [0, 0.05) is 26.0 Å². The van der Waals surface area contributed by atoms with Crippen LogP contribution in [0, 0.1) is 0 Å². The summed E-state index contributed by atoms with van der Waals surface area (Å²) in [5.74, 6) is 0. The van der Waals surface area contributed by atoms with Crippen LogP contribution < -0.4 is 0 Å². The van der Waals surface area contributed by atoms with E-state index in [1.54, 1.807) is 39.4 Å². The highest BCUT2D eigenvalue weighted by Gasteiger charge is 2.44. The topological polar surface area (TPSA) is 50.3 Å². The van der Waals surface area contributed by atoms with E-state index in [9.17, 15) is 8.42 Å². The fraction of sp³-hybridized carbons (Fsp3) is 0.500. The molecule has 0 bridgehead atoms. The number of sulfonamides is 1. The highest BCUT2D eigenvalue weighted by atomic mass is 32.2. The fourth-order valence-corrected chi connectivity index (χ4v) is 3.56. The molecule has 0 radical (unpaired) electrons. The Balaban J connectivity index is 2.72. The molecule has 0 spiro atoms. The Hall–Kier alpha value is -0.940. The molecule has 0 aromatic carbocycles. The van der Waals surface area contributed by atoms with Gasteiger partial charge in [-0.3, -0.25) is 4.98 Å². The highest BCUT2D eigenvalue weighted by molar-refractivity contribution is 7.90. The van der Waals surface area contributed by atoms with E-state index in [1.807, 2.05) is 0 Å². The Labute approximate surface area is 90.0 Å². The van der Waals surface area contributed by atoms with Gasteiger partial charge in [0.1, 0.15) is 4.75 Å². The van der Waals surface area contributed by atoms with E-state index in [-0.39, 0.29) is 0 Å². The predicted molar refractivity (Wildman–Crippen MR) is 57.6 cm³/mol. The van der Waals surface area contributed by atoms with Crippen LogP contribution in [0.1, 0.15) is 25.0 Å². The molecule has 15 heavy (non-hydrogen) atoms. The van der Waals surface area contributed by atoms with Gasteiger partial charge < -0.3 is 0 Å². The van der Waals surface area contributed by atoms with Gasteiger partial charge in [-0.25, -0.2) is 8.42 Å². The average Bonchev–Trinajstić information content (AvgIpc) is 2.16. The zero-order valence-corrected chi connectivity index (χ0v) is 9.87. The first-order valence-electron chi connectivity index (χ1n) is 4.76. The van der Waals surface area contributed by atoms with Gasteiger partial charge in [0.05, 0.1) is 0 Å². The molecule has 2 rings (SSSR count). The van der Waals surface area contributed by atoms with Crippen LogP contribution in [0.2, 0.25) is 0 Å². The Morgan fingerprint density at radius 3 is 2.80 bits per heavy atom. The van der Waals surface area contributed by atoms with Gasteiger partial charge in [-0.2, -0.15) is 4.31 Å². The average molecular weight is 226 g/mol. The maximum absolute atomic E-state index is 12.1. The van der Waals surface area contributed by atoms with Gasteiger partial charge in [-0.05, 0) is 31.0 Å². The summed E-state index contributed by atoms with van der Waals surface area (Å²) in [5.41, 5.74) is 1.84. The first-order valence-corrected chi connectivity index (χ1v) is 6.20. The summed E-state index contributed by atoms with van der Waals surface area (Å²) in [6.07, 6.45) is 3.38. The monoisotopic (exact) mass is 226 g/mol. The van der Waals surface area contributed by atoms with Crippen molar-refractivity contribution in [2.45, 2.75) is 25.1 Å². The summed E-state index contributed by atoms with van der Waals surface area (Å²) in [6.45, 7) is 3.88. The van der Waals surface area contributed by atoms with E-state index in [4.69, 9.17) is 0 Å². The molecule has 0 N–H and O–H groups in total. The zero-order chi connectivity index (χ0) is 11.3. The minimum atomic E-state index is -3.25. The molecule has 1 aromatic heterocycles. The molecule has 1 aromatic rings. The second-order valence-electron chi connectivity index (χ2n) is 4.30. The molecule has 4 nitrogen and oxygen atoms in total. The van der Waals surface area contributed by atoms with Crippen LogP contribution in [-0.2, 0) is 21.3 Å². The van der Waals surface area contributed by atoms with Gasteiger partial charge >= 0.3 is 0 Å². The van der Waals surface area contributed by atoms with Crippen molar-refractivity contribution in [3.05, 3.63) is 29.6 Å². The number of hydrogen-bond acceptors (Lipinski definition) is 3.